The van der Waals surface area contributed by atoms with Gasteiger partial charge in [-0.1, -0.05) is 20.8 Å². The molecule has 4 heteroatoms. The average molecular weight is 235 g/mol. The number of hydrogen-bond acceptors (Lipinski definition) is 4. The van der Waals surface area contributed by atoms with Crippen LogP contribution in [0.3, 0.4) is 0 Å². The minimum Gasteiger partial charge on any atom is -0.378 e. The molecule has 0 N–H and O–H groups in total. The van der Waals surface area contributed by atoms with Gasteiger partial charge in [0.2, 0.25) is 5.95 Å². The van der Waals surface area contributed by atoms with Crippen LogP contribution in [0.4, 0.5) is 5.95 Å². The second kappa shape index (κ2) is 5.45. The van der Waals surface area contributed by atoms with Crippen molar-refractivity contribution in [1.82, 2.24) is 9.97 Å². The highest BCUT2D eigenvalue weighted by Gasteiger charge is 2.16. The van der Waals surface area contributed by atoms with E-state index in [1.165, 1.54) is 0 Å². The first-order valence-corrected chi connectivity index (χ1v) is 6.41. The average Bonchev–Trinajstić information content (AvgIpc) is 2.39. The second-order valence-electron chi connectivity index (χ2n) is 4.69. The zero-order valence-corrected chi connectivity index (χ0v) is 10.9. The van der Waals surface area contributed by atoms with Crippen LogP contribution in [-0.4, -0.2) is 36.3 Å². The van der Waals surface area contributed by atoms with Crippen molar-refractivity contribution in [3.8, 4) is 0 Å². The van der Waals surface area contributed by atoms with Crippen LogP contribution < -0.4 is 4.90 Å². The summed E-state index contributed by atoms with van der Waals surface area (Å²) in [6, 6.07) is 2.12. The van der Waals surface area contributed by atoms with Crippen molar-refractivity contribution in [2.24, 2.45) is 0 Å². The van der Waals surface area contributed by atoms with Crippen molar-refractivity contribution in [2.45, 2.75) is 33.1 Å². The molecule has 0 saturated carbocycles. The summed E-state index contributed by atoms with van der Waals surface area (Å²) in [5.74, 6) is 1.32. The van der Waals surface area contributed by atoms with Crippen molar-refractivity contribution < 1.29 is 4.74 Å². The van der Waals surface area contributed by atoms with Gasteiger partial charge in [-0.15, -0.1) is 0 Å². The third kappa shape index (κ3) is 2.94. The van der Waals surface area contributed by atoms with Crippen molar-refractivity contribution in [3.63, 3.8) is 0 Å². The fourth-order valence-electron chi connectivity index (χ4n) is 1.89. The van der Waals surface area contributed by atoms with Gasteiger partial charge in [0, 0.05) is 24.5 Å². The van der Waals surface area contributed by atoms with E-state index in [4.69, 9.17) is 4.74 Å². The molecule has 0 atom stereocenters. The van der Waals surface area contributed by atoms with E-state index in [1.54, 1.807) is 0 Å². The Bertz CT molecular complexity index is 373. The zero-order chi connectivity index (χ0) is 12.3. The van der Waals surface area contributed by atoms with Crippen molar-refractivity contribution in [3.05, 3.63) is 17.5 Å². The van der Waals surface area contributed by atoms with Gasteiger partial charge in [-0.2, -0.15) is 0 Å². The van der Waals surface area contributed by atoms with Crippen LogP contribution in [0.15, 0.2) is 6.07 Å². The van der Waals surface area contributed by atoms with Gasteiger partial charge in [-0.05, 0) is 18.4 Å². The molecule has 94 valence electrons. The van der Waals surface area contributed by atoms with Crippen LogP contribution in [0.5, 0.6) is 0 Å². The SMILES string of the molecule is CCc1cc(C(C)C)nc(N2CCOCC2)n1. The highest BCUT2D eigenvalue weighted by molar-refractivity contribution is 5.33. The molecule has 0 radical (unpaired) electrons. The molecule has 1 aromatic heterocycles. The van der Waals surface area contributed by atoms with E-state index < -0.39 is 0 Å². The largest absolute Gasteiger partial charge is 0.378 e. The fraction of sp³-hybridized carbons (Fsp3) is 0.692. The number of morpholine rings is 1. The summed E-state index contributed by atoms with van der Waals surface area (Å²) in [7, 11) is 0. The lowest BCUT2D eigenvalue weighted by Gasteiger charge is -2.27. The Morgan fingerprint density at radius 3 is 2.59 bits per heavy atom. The van der Waals surface area contributed by atoms with Gasteiger partial charge in [0.05, 0.1) is 13.2 Å². The number of ether oxygens (including phenoxy) is 1. The molecule has 1 aliphatic rings. The molecule has 17 heavy (non-hydrogen) atoms. The van der Waals surface area contributed by atoms with Crippen molar-refractivity contribution in [2.75, 3.05) is 31.2 Å². The number of aryl methyl sites for hydroxylation is 1. The molecule has 1 saturated heterocycles. The van der Waals surface area contributed by atoms with Crippen molar-refractivity contribution in [1.29, 1.82) is 0 Å². The summed E-state index contributed by atoms with van der Waals surface area (Å²) in [6.07, 6.45) is 0.958. The molecule has 0 amide bonds. The van der Waals surface area contributed by atoms with E-state index in [9.17, 15) is 0 Å². The summed E-state index contributed by atoms with van der Waals surface area (Å²) in [5, 5.41) is 0. The van der Waals surface area contributed by atoms with E-state index in [0.29, 0.717) is 5.92 Å². The Morgan fingerprint density at radius 1 is 1.29 bits per heavy atom. The molecule has 0 aromatic carbocycles. The number of nitrogens with zero attached hydrogens (tertiary/aromatic N) is 3. The Balaban J connectivity index is 2.28. The summed E-state index contributed by atoms with van der Waals surface area (Å²) < 4.78 is 5.36. The predicted molar refractivity (Wildman–Crippen MR) is 68.5 cm³/mol. The van der Waals surface area contributed by atoms with Crippen LogP contribution in [0.25, 0.3) is 0 Å². The molecular formula is C13H21N3O. The van der Waals surface area contributed by atoms with E-state index in [-0.39, 0.29) is 0 Å². The van der Waals surface area contributed by atoms with Crippen molar-refractivity contribution >= 4 is 5.95 Å². The molecule has 0 aliphatic carbocycles. The summed E-state index contributed by atoms with van der Waals surface area (Å²) in [6.45, 7) is 9.81. The molecule has 1 aliphatic heterocycles. The topological polar surface area (TPSA) is 38.2 Å². The monoisotopic (exact) mass is 235 g/mol. The van der Waals surface area contributed by atoms with Crippen LogP contribution in [0.2, 0.25) is 0 Å². The number of hydrogen-bond donors (Lipinski definition) is 0. The van der Waals surface area contributed by atoms with E-state index in [1.807, 2.05) is 0 Å². The maximum atomic E-state index is 5.36. The van der Waals surface area contributed by atoms with E-state index in [0.717, 1.165) is 50.1 Å². The Kier molecular flexibility index (Phi) is 3.94. The summed E-state index contributed by atoms with van der Waals surface area (Å²) >= 11 is 0. The van der Waals surface area contributed by atoms with E-state index >= 15 is 0 Å². The number of rotatable bonds is 3. The molecule has 2 rings (SSSR count). The Morgan fingerprint density at radius 2 is 2.00 bits per heavy atom. The standard InChI is InChI=1S/C13H21N3O/c1-4-11-9-12(10(2)3)15-13(14-11)16-5-7-17-8-6-16/h9-10H,4-8H2,1-3H3. The Labute approximate surface area is 103 Å². The first-order valence-electron chi connectivity index (χ1n) is 6.41. The highest BCUT2D eigenvalue weighted by Crippen LogP contribution is 2.18. The van der Waals surface area contributed by atoms with Crippen LogP contribution >= 0.6 is 0 Å². The lowest BCUT2D eigenvalue weighted by Crippen LogP contribution is -2.37. The molecule has 0 bridgehead atoms. The predicted octanol–water partition coefficient (Wildman–Crippen LogP) is 2.00. The highest BCUT2D eigenvalue weighted by atomic mass is 16.5. The van der Waals surface area contributed by atoms with Gasteiger partial charge >= 0.3 is 0 Å². The Hall–Kier alpha value is -1.16. The molecular weight excluding hydrogens is 214 g/mol. The second-order valence-corrected chi connectivity index (χ2v) is 4.69. The van der Waals surface area contributed by atoms with Gasteiger partial charge in [-0.3, -0.25) is 0 Å². The van der Waals surface area contributed by atoms with Crippen LogP contribution in [0, 0.1) is 0 Å². The zero-order valence-electron chi connectivity index (χ0n) is 10.9. The summed E-state index contributed by atoms with van der Waals surface area (Å²) in [4.78, 5) is 11.5. The first-order chi connectivity index (χ1) is 8.20. The maximum absolute atomic E-state index is 5.36. The summed E-state index contributed by atoms with van der Waals surface area (Å²) in [5.41, 5.74) is 2.27. The van der Waals surface area contributed by atoms with Crippen LogP contribution in [-0.2, 0) is 11.2 Å². The lowest BCUT2D eigenvalue weighted by molar-refractivity contribution is 0.122. The van der Waals surface area contributed by atoms with Gasteiger partial charge in [0.15, 0.2) is 0 Å². The fourth-order valence-corrected chi connectivity index (χ4v) is 1.89. The number of aromatic nitrogens is 2. The molecule has 4 nitrogen and oxygen atoms in total. The third-order valence-electron chi connectivity index (χ3n) is 3.03. The molecule has 2 heterocycles. The third-order valence-corrected chi connectivity index (χ3v) is 3.03. The molecule has 0 unspecified atom stereocenters. The van der Waals surface area contributed by atoms with Gasteiger partial charge in [0.1, 0.15) is 0 Å². The van der Waals surface area contributed by atoms with Gasteiger partial charge < -0.3 is 9.64 Å². The molecule has 1 fully saturated rings. The van der Waals surface area contributed by atoms with Gasteiger partial charge in [-0.25, -0.2) is 9.97 Å². The quantitative estimate of drug-likeness (QED) is 0.803. The molecule has 1 aromatic rings. The maximum Gasteiger partial charge on any atom is 0.225 e. The van der Waals surface area contributed by atoms with Gasteiger partial charge in [0.25, 0.3) is 0 Å². The molecule has 0 spiro atoms. The smallest absolute Gasteiger partial charge is 0.225 e. The minimum atomic E-state index is 0.447. The van der Waals surface area contributed by atoms with E-state index in [2.05, 4.69) is 41.7 Å². The number of anilines is 1. The minimum absolute atomic E-state index is 0.447. The van der Waals surface area contributed by atoms with Crippen LogP contribution in [0.1, 0.15) is 38.1 Å². The normalized spacial score (nSPS) is 16.6. The first kappa shape index (κ1) is 12.3. The lowest BCUT2D eigenvalue weighted by atomic mass is 10.1.